The maximum Gasteiger partial charge on any atom is 0.123 e. The number of piperidine rings is 1. The molecule has 0 aliphatic carbocycles. The molecule has 0 atom stereocenters. The molecule has 3 heteroatoms. The van der Waals surface area contributed by atoms with E-state index in [2.05, 4.69) is 24.1 Å². The lowest BCUT2D eigenvalue weighted by atomic mass is 9.97. The summed E-state index contributed by atoms with van der Waals surface area (Å²) in [7, 11) is 0. The molecule has 1 aliphatic rings. The van der Waals surface area contributed by atoms with E-state index in [9.17, 15) is 4.39 Å². The van der Waals surface area contributed by atoms with Crippen molar-refractivity contribution in [3.8, 4) is 0 Å². The van der Waals surface area contributed by atoms with Gasteiger partial charge in [0.1, 0.15) is 5.82 Å². The Morgan fingerprint density at radius 3 is 2.42 bits per heavy atom. The van der Waals surface area contributed by atoms with Gasteiger partial charge in [0.05, 0.1) is 0 Å². The summed E-state index contributed by atoms with van der Waals surface area (Å²) in [6.45, 7) is 8.84. The monoisotopic (exact) mass is 264 g/mol. The van der Waals surface area contributed by atoms with E-state index in [1.54, 1.807) is 12.1 Å². The third-order valence-corrected chi connectivity index (χ3v) is 3.98. The first-order valence-corrected chi connectivity index (χ1v) is 7.34. The van der Waals surface area contributed by atoms with Crippen LogP contribution >= 0.6 is 0 Å². The molecule has 0 spiro atoms. The van der Waals surface area contributed by atoms with Gasteiger partial charge in [0.15, 0.2) is 0 Å². The predicted octanol–water partition coefficient (Wildman–Crippen LogP) is 3.04. The number of halogens is 1. The Hall–Kier alpha value is -0.930. The van der Waals surface area contributed by atoms with Gasteiger partial charge in [-0.25, -0.2) is 4.39 Å². The molecule has 0 unspecified atom stereocenters. The zero-order chi connectivity index (χ0) is 13.7. The summed E-state index contributed by atoms with van der Waals surface area (Å²) < 4.78 is 12.9. The zero-order valence-corrected chi connectivity index (χ0v) is 12.0. The molecular weight excluding hydrogens is 239 g/mol. The Morgan fingerprint density at radius 1 is 1.21 bits per heavy atom. The molecule has 0 aromatic heterocycles. The van der Waals surface area contributed by atoms with Gasteiger partial charge < -0.3 is 5.32 Å². The van der Waals surface area contributed by atoms with Crippen LogP contribution in [-0.2, 0) is 6.54 Å². The molecule has 1 N–H and O–H groups in total. The van der Waals surface area contributed by atoms with Crippen LogP contribution in [0, 0.1) is 11.7 Å². The lowest BCUT2D eigenvalue weighted by Gasteiger charge is -2.32. The lowest BCUT2D eigenvalue weighted by Crippen LogP contribution is -2.39. The molecule has 1 heterocycles. The van der Waals surface area contributed by atoms with E-state index in [0.717, 1.165) is 32.1 Å². The molecule has 2 rings (SSSR count). The molecule has 0 bridgehead atoms. The smallest absolute Gasteiger partial charge is 0.123 e. The summed E-state index contributed by atoms with van der Waals surface area (Å²) in [6, 6.07) is 7.43. The van der Waals surface area contributed by atoms with Crippen LogP contribution in [0.5, 0.6) is 0 Å². The molecule has 1 aliphatic heterocycles. The van der Waals surface area contributed by atoms with Gasteiger partial charge in [0.25, 0.3) is 0 Å². The number of rotatable bonds is 5. The minimum absolute atomic E-state index is 0.154. The van der Waals surface area contributed by atoms with E-state index in [1.807, 2.05) is 12.1 Å². The van der Waals surface area contributed by atoms with Gasteiger partial charge in [0.2, 0.25) is 0 Å². The normalized spacial score (nSPS) is 17.3. The fourth-order valence-electron chi connectivity index (χ4n) is 2.68. The third kappa shape index (κ3) is 4.59. The summed E-state index contributed by atoms with van der Waals surface area (Å²) in [5.41, 5.74) is 1.20. The van der Waals surface area contributed by atoms with Crippen molar-refractivity contribution in [1.82, 2.24) is 10.2 Å². The van der Waals surface area contributed by atoms with Crippen LogP contribution in [0.1, 0.15) is 32.3 Å². The third-order valence-electron chi connectivity index (χ3n) is 3.98. The largest absolute Gasteiger partial charge is 0.317 e. The molecule has 0 amide bonds. The molecule has 1 saturated heterocycles. The van der Waals surface area contributed by atoms with Gasteiger partial charge in [-0.15, -0.1) is 0 Å². The first-order valence-electron chi connectivity index (χ1n) is 7.34. The Labute approximate surface area is 116 Å². The summed E-state index contributed by atoms with van der Waals surface area (Å²) >= 11 is 0. The molecule has 1 aromatic rings. The fourth-order valence-corrected chi connectivity index (χ4v) is 2.68. The Morgan fingerprint density at radius 2 is 1.84 bits per heavy atom. The summed E-state index contributed by atoms with van der Waals surface area (Å²) in [5, 5.41) is 3.41. The number of benzene rings is 1. The molecule has 19 heavy (non-hydrogen) atoms. The molecule has 0 saturated carbocycles. The number of hydrogen-bond donors (Lipinski definition) is 1. The minimum atomic E-state index is -0.154. The van der Waals surface area contributed by atoms with Gasteiger partial charge in [0, 0.05) is 19.1 Å². The molecule has 1 fully saturated rings. The van der Waals surface area contributed by atoms with Crippen LogP contribution < -0.4 is 5.32 Å². The van der Waals surface area contributed by atoms with E-state index in [4.69, 9.17) is 0 Å². The average Bonchev–Trinajstić information content (AvgIpc) is 2.41. The van der Waals surface area contributed by atoms with Crippen LogP contribution in [0.25, 0.3) is 0 Å². The van der Waals surface area contributed by atoms with Crippen molar-refractivity contribution < 1.29 is 4.39 Å². The molecule has 0 radical (unpaired) electrons. The highest BCUT2D eigenvalue weighted by molar-refractivity contribution is 5.16. The van der Waals surface area contributed by atoms with Crippen molar-refractivity contribution in [3.05, 3.63) is 35.6 Å². The van der Waals surface area contributed by atoms with E-state index in [-0.39, 0.29) is 5.82 Å². The fraction of sp³-hybridized carbons (Fsp3) is 0.625. The Kier molecular flexibility index (Phi) is 5.34. The van der Waals surface area contributed by atoms with Crippen LogP contribution in [0.15, 0.2) is 24.3 Å². The molecular formula is C16H25FN2. The van der Waals surface area contributed by atoms with Crippen molar-refractivity contribution >= 4 is 0 Å². The number of hydrogen-bond acceptors (Lipinski definition) is 2. The Balaban J connectivity index is 1.93. The summed E-state index contributed by atoms with van der Waals surface area (Å²) in [6.07, 6.45) is 2.54. The maximum absolute atomic E-state index is 12.9. The summed E-state index contributed by atoms with van der Waals surface area (Å²) in [4.78, 5) is 2.50. The zero-order valence-electron chi connectivity index (χ0n) is 12.0. The van der Waals surface area contributed by atoms with Crippen LogP contribution in [0.3, 0.4) is 0 Å². The highest BCUT2D eigenvalue weighted by atomic mass is 19.1. The van der Waals surface area contributed by atoms with Crippen molar-refractivity contribution in [3.63, 3.8) is 0 Å². The first-order chi connectivity index (χ1) is 9.15. The van der Waals surface area contributed by atoms with Gasteiger partial charge in [-0.3, -0.25) is 4.90 Å². The molecule has 106 valence electrons. The second-order valence-corrected chi connectivity index (χ2v) is 5.84. The van der Waals surface area contributed by atoms with E-state index < -0.39 is 0 Å². The Bertz CT molecular complexity index is 369. The van der Waals surface area contributed by atoms with Gasteiger partial charge in [-0.1, -0.05) is 12.1 Å². The van der Waals surface area contributed by atoms with Crippen molar-refractivity contribution in [2.75, 3.05) is 19.6 Å². The van der Waals surface area contributed by atoms with Gasteiger partial charge in [-0.2, -0.15) is 0 Å². The maximum atomic E-state index is 12.9. The first kappa shape index (κ1) is 14.5. The van der Waals surface area contributed by atoms with Gasteiger partial charge in [-0.05, 0) is 63.4 Å². The minimum Gasteiger partial charge on any atom is -0.317 e. The van der Waals surface area contributed by atoms with Crippen LogP contribution in [-0.4, -0.2) is 30.6 Å². The predicted molar refractivity (Wildman–Crippen MR) is 77.5 cm³/mol. The van der Waals surface area contributed by atoms with E-state index in [0.29, 0.717) is 6.04 Å². The van der Waals surface area contributed by atoms with Crippen molar-refractivity contribution in [2.45, 2.75) is 39.3 Å². The SMILES string of the molecule is CC(C)N(Cc1ccc(F)cc1)CC1CCNCC1. The second kappa shape index (κ2) is 7.01. The van der Waals surface area contributed by atoms with Crippen molar-refractivity contribution in [2.24, 2.45) is 5.92 Å². The quantitative estimate of drug-likeness (QED) is 0.879. The summed E-state index contributed by atoms with van der Waals surface area (Å²) in [5.74, 6) is 0.641. The lowest BCUT2D eigenvalue weighted by molar-refractivity contribution is 0.162. The topological polar surface area (TPSA) is 15.3 Å². The van der Waals surface area contributed by atoms with Crippen LogP contribution in [0.4, 0.5) is 4.39 Å². The van der Waals surface area contributed by atoms with Crippen molar-refractivity contribution in [1.29, 1.82) is 0 Å². The van der Waals surface area contributed by atoms with E-state index in [1.165, 1.54) is 18.4 Å². The average molecular weight is 264 g/mol. The molecule has 1 aromatic carbocycles. The number of nitrogens with zero attached hydrogens (tertiary/aromatic N) is 1. The molecule has 2 nitrogen and oxygen atoms in total. The van der Waals surface area contributed by atoms with E-state index >= 15 is 0 Å². The van der Waals surface area contributed by atoms with Gasteiger partial charge >= 0.3 is 0 Å². The highest BCUT2D eigenvalue weighted by Gasteiger charge is 2.19. The standard InChI is InChI=1S/C16H25FN2/c1-13(2)19(12-15-7-9-18-10-8-15)11-14-3-5-16(17)6-4-14/h3-6,13,15,18H,7-12H2,1-2H3. The van der Waals surface area contributed by atoms with Crippen LogP contribution in [0.2, 0.25) is 0 Å². The highest BCUT2D eigenvalue weighted by Crippen LogP contribution is 2.17. The second-order valence-electron chi connectivity index (χ2n) is 5.84. The number of nitrogens with one attached hydrogen (secondary N) is 1.